The van der Waals surface area contributed by atoms with E-state index in [1.807, 2.05) is 18.2 Å². The van der Waals surface area contributed by atoms with E-state index in [0.29, 0.717) is 6.61 Å². The van der Waals surface area contributed by atoms with Gasteiger partial charge in [-0.25, -0.2) is 4.98 Å². The van der Waals surface area contributed by atoms with E-state index in [2.05, 4.69) is 35.7 Å². The van der Waals surface area contributed by atoms with Crippen molar-refractivity contribution in [3.8, 4) is 17.0 Å². The van der Waals surface area contributed by atoms with Gasteiger partial charge in [0.25, 0.3) is 0 Å². The minimum atomic E-state index is 0.580. The molecule has 0 saturated carbocycles. The van der Waals surface area contributed by atoms with Gasteiger partial charge in [0.2, 0.25) is 0 Å². The lowest BCUT2D eigenvalue weighted by molar-refractivity contribution is 0.296. The van der Waals surface area contributed by atoms with Gasteiger partial charge >= 0.3 is 0 Å². The van der Waals surface area contributed by atoms with Crippen molar-refractivity contribution in [1.82, 2.24) is 9.38 Å². The summed E-state index contributed by atoms with van der Waals surface area (Å²) < 4.78 is 7.92. The van der Waals surface area contributed by atoms with Gasteiger partial charge in [0.15, 0.2) is 0 Å². The molecule has 0 unspecified atom stereocenters. The second kappa shape index (κ2) is 3.35. The van der Waals surface area contributed by atoms with Gasteiger partial charge < -0.3 is 4.74 Å². The quantitative estimate of drug-likeness (QED) is 0.599. The smallest absolute Gasteiger partial charge is 0.137 e. The Kier molecular flexibility index (Phi) is 1.81. The Hall–Kier alpha value is -2.29. The first-order valence-corrected chi connectivity index (χ1v) is 6.03. The monoisotopic (exact) mass is 236 g/mol. The molecule has 3 aromatic rings. The average Bonchev–Trinajstić information content (AvgIpc) is 2.77. The van der Waals surface area contributed by atoms with Crippen molar-refractivity contribution >= 4 is 5.65 Å². The van der Waals surface area contributed by atoms with Crippen LogP contribution in [0.25, 0.3) is 16.9 Å². The molecule has 3 heteroatoms. The standard InChI is InChI=1S/C15H12N2O/c1-10-6-7-14-16-15-11-4-2-3-5-13(11)18-9-12(15)17(14)8-10/h2-8H,9H2,1H3. The molecule has 1 aliphatic rings. The number of nitrogens with zero attached hydrogens (tertiary/aromatic N) is 2. The van der Waals surface area contributed by atoms with Crippen LogP contribution in [0.2, 0.25) is 0 Å². The lowest BCUT2D eigenvalue weighted by atomic mass is 10.1. The Morgan fingerprint density at radius 1 is 1.17 bits per heavy atom. The SMILES string of the molecule is Cc1ccc2nc3c(n2c1)COc1ccccc1-3. The summed E-state index contributed by atoms with van der Waals surface area (Å²) >= 11 is 0. The Labute approximate surface area is 105 Å². The second-order valence-corrected chi connectivity index (χ2v) is 4.63. The second-order valence-electron chi connectivity index (χ2n) is 4.63. The van der Waals surface area contributed by atoms with Crippen LogP contribution in [-0.4, -0.2) is 9.38 Å². The van der Waals surface area contributed by atoms with Crippen molar-refractivity contribution in [2.24, 2.45) is 0 Å². The van der Waals surface area contributed by atoms with Crippen molar-refractivity contribution in [3.63, 3.8) is 0 Å². The van der Waals surface area contributed by atoms with E-state index in [-0.39, 0.29) is 0 Å². The van der Waals surface area contributed by atoms with Gasteiger partial charge in [0.1, 0.15) is 18.0 Å². The first-order valence-electron chi connectivity index (χ1n) is 6.03. The van der Waals surface area contributed by atoms with Crippen molar-refractivity contribution in [3.05, 3.63) is 53.9 Å². The third kappa shape index (κ3) is 1.21. The fourth-order valence-electron chi connectivity index (χ4n) is 2.49. The van der Waals surface area contributed by atoms with E-state index in [9.17, 15) is 0 Å². The van der Waals surface area contributed by atoms with E-state index in [1.54, 1.807) is 0 Å². The Balaban J connectivity index is 2.08. The molecule has 4 rings (SSSR count). The maximum atomic E-state index is 5.80. The number of rotatable bonds is 0. The molecule has 0 bridgehead atoms. The molecule has 2 aromatic heterocycles. The molecule has 0 atom stereocenters. The third-order valence-electron chi connectivity index (χ3n) is 3.37. The number of pyridine rings is 1. The van der Waals surface area contributed by atoms with E-state index in [1.165, 1.54) is 5.56 Å². The number of aryl methyl sites for hydroxylation is 1. The molecule has 0 aliphatic carbocycles. The fourth-order valence-corrected chi connectivity index (χ4v) is 2.49. The molecule has 3 heterocycles. The van der Waals surface area contributed by atoms with E-state index in [4.69, 9.17) is 9.72 Å². The summed E-state index contributed by atoms with van der Waals surface area (Å²) in [5, 5.41) is 0. The molecule has 88 valence electrons. The number of ether oxygens (including phenoxy) is 1. The maximum Gasteiger partial charge on any atom is 0.137 e. The van der Waals surface area contributed by atoms with Crippen LogP contribution in [0.15, 0.2) is 42.6 Å². The highest BCUT2D eigenvalue weighted by Gasteiger charge is 2.22. The maximum absolute atomic E-state index is 5.80. The highest BCUT2D eigenvalue weighted by molar-refractivity contribution is 5.73. The van der Waals surface area contributed by atoms with Crippen molar-refractivity contribution in [2.45, 2.75) is 13.5 Å². The molecule has 0 amide bonds. The number of aromatic nitrogens is 2. The predicted octanol–water partition coefficient (Wildman–Crippen LogP) is 3.20. The lowest BCUT2D eigenvalue weighted by Gasteiger charge is -2.16. The van der Waals surface area contributed by atoms with Gasteiger partial charge in [-0.05, 0) is 30.7 Å². The van der Waals surface area contributed by atoms with E-state index >= 15 is 0 Å². The number of imidazole rings is 1. The summed E-state index contributed by atoms with van der Waals surface area (Å²) in [6.07, 6.45) is 2.11. The van der Waals surface area contributed by atoms with Gasteiger partial charge in [0, 0.05) is 11.8 Å². The Morgan fingerprint density at radius 3 is 3.00 bits per heavy atom. The van der Waals surface area contributed by atoms with Gasteiger partial charge in [0.05, 0.1) is 11.4 Å². The van der Waals surface area contributed by atoms with Crippen molar-refractivity contribution in [2.75, 3.05) is 0 Å². The number of hydrogen-bond donors (Lipinski definition) is 0. The third-order valence-corrected chi connectivity index (χ3v) is 3.37. The molecule has 18 heavy (non-hydrogen) atoms. The molecule has 0 N–H and O–H groups in total. The van der Waals surface area contributed by atoms with Gasteiger partial charge in [-0.1, -0.05) is 18.2 Å². The first-order chi connectivity index (χ1) is 8.83. The topological polar surface area (TPSA) is 26.5 Å². The van der Waals surface area contributed by atoms with Gasteiger partial charge in [-0.15, -0.1) is 0 Å². The van der Waals surface area contributed by atoms with Crippen LogP contribution < -0.4 is 4.74 Å². The number of benzene rings is 1. The number of para-hydroxylation sites is 1. The highest BCUT2D eigenvalue weighted by atomic mass is 16.5. The zero-order valence-corrected chi connectivity index (χ0v) is 10.1. The van der Waals surface area contributed by atoms with E-state index < -0.39 is 0 Å². The van der Waals surface area contributed by atoms with Crippen LogP contribution in [0, 0.1) is 6.92 Å². The van der Waals surface area contributed by atoms with Crippen molar-refractivity contribution in [1.29, 1.82) is 0 Å². The van der Waals surface area contributed by atoms with Gasteiger partial charge in [-0.2, -0.15) is 0 Å². The average molecular weight is 236 g/mol. The first kappa shape index (κ1) is 9.71. The highest BCUT2D eigenvalue weighted by Crippen LogP contribution is 2.36. The van der Waals surface area contributed by atoms with Crippen LogP contribution in [-0.2, 0) is 6.61 Å². The molecular formula is C15H12N2O. The zero-order valence-electron chi connectivity index (χ0n) is 10.1. The van der Waals surface area contributed by atoms with Crippen LogP contribution in [0.4, 0.5) is 0 Å². The molecule has 0 fully saturated rings. The summed E-state index contributed by atoms with van der Waals surface area (Å²) in [7, 11) is 0. The molecule has 0 spiro atoms. The molecule has 0 saturated heterocycles. The molecule has 1 aliphatic heterocycles. The molecular weight excluding hydrogens is 224 g/mol. The van der Waals surface area contributed by atoms with Crippen LogP contribution in [0.3, 0.4) is 0 Å². The van der Waals surface area contributed by atoms with Gasteiger partial charge in [-0.3, -0.25) is 4.40 Å². The summed E-state index contributed by atoms with van der Waals surface area (Å²) in [6.45, 7) is 2.67. The lowest BCUT2D eigenvalue weighted by Crippen LogP contribution is -2.07. The summed E-state index contributed by atoms with van der Waals surface area (Å²) in [6, 6.07) is 12.2. The Morgan fingerprint density at radius 2 is 2.06 bits per heavy atom. The summed E-state index contributed by atoms with van der Waals surface area (Å²) in [5.74, 6) is 0.921. The fraction of sp³-hybridized carbons (Fsp3) is 0.133. The van der Waals surface area contributed by atoms with Crippen LogP contribution in [0.5, 0.6) is 5.75 Å². The molecule has 3 nitrogen and oxygen atoms in total. The van der Waals surface area contributed by atoms with Crippen LogP contribution in [0.1, 0.15) is 11.3 Å². The van der Waals surface area contributed by atoms with Crippen LogP contribution >= 0.6 is 0 Å². The summed E-state index contributed by atoms with van der Waals surface area (Å²) in [4.78, 5) is 4.72. The number of fused-ring (bicyclic) bond motifs is 5. The zero-order chi connectivity index (χ0) is 12.1. The minimum absolute atomic E-state index is 0.580. The molecule has 0 radical (unpaired) electrons. The Bertz CT molecular complexity index is 758. The van der Waals surface area contributed by atoms with E-state index in [0.717, 1.165) is 28.3 Å². The summed E-state index contributed by atoms with van der Waals surface area (Å²) in [5.41, 5.74) is 5.46. The normalized spacial score (nSPS) is 12.9. The largest absolute Gasteiger partial charge is 0.487 e. The van der Waals surface area contributed by atoms with Crippen molar-refractivity contribution < 1.29 is 4.74 Å². The predicted molar refractivity (Wildman–Crippen MR) is 69.7 cm³/mol. The molecule has 1 aromatic carbocycles. The minimum Gasteiger partial charge on any atom is -0.487 e. The number of hydrogen-bond acceptors (Lipinski definition) is 2.